The van der Waals surface area contributed by atoms with Crippen LogP contribution in [0.25, 0.3) is 10.9 Å². The van der Waals surface area contributed by atoms with Crippen molar-refractivity contribution in [3.63, 3.8) is 0 Å². The molecule has 8 heteroatoms. The number of benzene rings is 1. The number of pyridine rings is 1. The number of nitrogens with zero attached hydrogens (tertiary/aromatic N) is 4. The van der Waals surface area contributed by atoms with Crippen LogP contribution in [-0.2, 0) is 17.9 Å². The second-order valence-electron chi connectivity index (χ2n) is 8.23. The quantitative estimate of drug-likeness (QED) is 0.462. The molecule has 3 aromatic heterocycles. The highest BCUT2D eigenvalue weighted by molar-refractivity contribution is 5.93. The Morgan fingerprint density at radius 1 is 1.15 bits per heavy atom. The van der Waals surface area contributed by atoms with Gasteiger partial charge in [-0.05, 0) is 43.2 Å². The summed E-state index contributed by atoms with van der Waals surface area (Å²) >= 11 is 0. The molecule has 2 amide bonds. The molecule has 4 heterocycles. The SMILES string of the molecule is Cc1c2ccccc2nn1CCCNC(=O)C1CN(C(=O)c2ccco2)Cc2cccnc21. The number of fused-ring (bicyclic) bond motifs is 2. The molecule has 1 aromatic carbocycles. The topological polar surface area (TPSA) is 93.3 Å². The van der Waals surface area contributed by atoms with E-state index in [1.807, 2.05) is 35.0 Å². The second-order valence-corrected chi connectivity index (χ2v) is 8.23. The Bertz CT molecular complexity index is 1290. The average molecular weight is 444 g/mol. The predicted molar refractivity (Wildman–Crippen MR) is 123 cm³/mol. The van der Waals surface area contributed by atoms with E-state index < -0.39 is 5.92 Å². The molecule has 0 aliphatic carbocycles. The first-order valence-corrected chi connectivity index (χ1v) is 11.1. The van der Waals surface area contributed by atoms with Crippen molar-refractivity contribution in [2.24, 2.45) is 0 Å². The van der Waals surface area contributed by atoms with E-state index in [0.717, 1.165) is 34.3 Å². The van der Waals surface area contributed by atoms with E-state index in [2.05, 4.69) is 28.4 Å². The molecule has 1 atom stereocenters. The second kappa shape index (κ2) is 8.90. The lowest BCUT2D eigenvalue weighted by molar-refractivity contribution is -0.123. The van der Waals surface area contributed by atoms with Gasteiger partial charge in [0.15, 0.2) is 5.76 Å². The molecule has 1 unspecified atom stereocenters. The Kier molecular flexibility index (Phi) is 5.64. The van der Waals surface area contributed by atoms with Gasteiger partial charge in [-0.3, -0.25) is 19.3 Å². The molecule has 1 N–H and O–H groups in total. The summed E-state index contributed by atoms with van der Waals surface area (Å²) < 4.78 is 7.25. The molecule has 0 radical (unpaired) electrons. The lowest BCUT2D eigenvalue weighted by atomic mass is 9.93. The summed E-state index contributed by atoms with van der Waals surface area (Å²) in [7, 11) is 0. The van der Waals surface area contributed by atoms with Gasteiger partial charge in [0.05, 0.1) is 23.4 Å². The van der Waals surface area contributed by atoms with Crippen molar-refractivity contribution >= 4 is 22.7 Å². The summed E-state index contributed by atoms with van der Waals surface area (Å²) in [6, 6.07) is 15.1. The first-order chi connectivity index (χ1) is 16.1. The summed E-state index contributed by atoms with van der Waals surface area (Å²) in [5.41, 5.74) is 3.70. The highest BCUT2D eigenvalue weighted by atomic mass is 16.3. The molecule has 5 rings (SSSR count). The minimum Gasteiger partial charge on any atom is -0.459 e. The third kappa shape index (κ3) is 4.11. The molecule has 168 valence electrons. The van der Waals surface area contributed by atoms with Crippen LogP contribution in [-0.4, -0.2) is 44.6 Å². The molecule has 0 saturated heterocycles. The number of carbonyl (C=O) groups is 2. The Hall–Kier alpha value is -3.94. The van der Waals surface area contributed by atoms with Crippen LogP contribution in [0.5, 0.6) is 0 Å². The average Bonchev–Trinajstić information content (AvgIpc) is 3.49. The number of aromatic nitrogens is 3. The fourth-order valence-electron chi connectivity index (χ4n) is 4.39. The Morgan fingerprint density at radius 2 is 2.03 bits per heavy atom. The molecule has 33 heavy (non-hydrogen) atoms. The number of carbonyl (C=O) groups excluding carboxylic acids is 2. The van der Waals surface area contributed by atoms with Gasteiger partial charge in [0.1, 0.15) is 0 Å². The molecule has 8 nitrogen and oxygen atoms in total. The van der Waals surface area contributed by atoms with Gasteiger partial charge in [-0.15, -0.1) is 0 Å². The van der Waals surface area contributed by atoms with Crippen LogP contribution in [0.2, 0.25) is 0 Å². The molecule has 1 aliphatic heterocycles. The minimum absolute atomic E-state index is 0.130. The minimum atomic E-state index is -0.525. The number of amides is 2. The fraction of sp³-hybridized carbons (Fsp3) is 0.280. The van der Waals surface area contributed by atoms with E-state index in [-0.39, 0.29) is 24.1 Å². The predicted octanol–water partition coefficient (Wildman–Crippen LogP) is 3.28. The molecule has 0 bridgehead atoms. The van der Waals surface area contributed by atoms with Crippen molar-refractivity contribution < 1.29 is 14.0 Å². The van der Waals surface area contributed by atoms with Gasteiger partial charge >= 0.3 is 0 Å². The van der Waals surface area contributed by atoms with E-state index in [4.69, 9.17) is 4.42 Å². The Morgan fingerprint density at radius 3 is 2.85 bits per heavy atom. The third-order valence-electron chi connectivity index (χ3n) is 6.11. The maximum atomic E-state index is 13.1. The summed E-state index contributed by atoms with van der Waals surface area (Å²) in [4.78, 5) is 32.0. The maximum Gasteiger partial charge on any atom is 0.289 e. The van der Waals surface area contributed by atoms with Gasteiger partial charge in [-0.25, -0.2) is 0 Å². The van der Waals surface area contributed by atoms with Crippen LogP contribution in [0.4, 0.5) is 0 Å². The highest BCUT2D eigenvalue weighted by Crippen LogP contribution is 2.28. The van der Waals surface area contributed by atoms with Crippen molar-refractivity contribution in [1.29, 1.82) is 0 Å². The number of nitrogens with one attached hydrogen (secondary N) is 1. The number of aryl methyl sites for hydroxylation is 2. The fourth-order valence-corrected chi connectivity index (χ4v) is 4.39. The van der Waals surface area contributed by atoms with Crippen molar-refractivity contribution in [1.82, 2.24) is 25.0 Å². The van der Waals surface area contributed by atoms with Crippen LogP contribution < -0.4 is 5.32 Å². The zero-order valence-electron chi connectivity index (χ0n) is 18.4. The highest BCUT2D eigenvalue weighted by Gasteiger charge is 2.34. The maximum absolute atomic E-state index is 13.1. The monoisotopic (exact) mass is 443 g/mol. The molecule has 4 aromatic rings. The van der Waals surface area contributed by atoms with Gasteiger partial charge in [-0.1, -0.05) is 24.3 Å². The first-order valence-electron chi connectivity index (χ1n) is 11.1. The van der Waals surface area contributed by atoms with E-state index in [0.29, 0.717) is 19.6 Å². The van der Waals surface area contributed by atoms with Crippen molar-refractivity contribution in [3.05, 3.63) is 83.7 Å². The summed E-state index contributed by atoms with van der Waals surface area (Å²) in [6.07, 6.45) is 3.91. The summed E-state index contributed by atoms with van der Waals surface area (Å²) in [5.74, 6) is -0.617. The molecular weight excluding hydrogens is 418 g/mol. The summed E-state index contributed by atoms with van der Waals surface area (Å²) in [5, 5.41) is 8.82. The zero-order chi connectivity index (χ0) is 22.8. The van der Waals surface area contributed by atoms with Crippen molar-refractivity contribution in [2.75, 3.05) is 13.1 Å². The van der Waals surface area contributed by atoms with Crippen LogP contribution in [0.15, 0.2) is 65.4 Å². The van der Waals surface area contributed by atoms with E-state index in [1.165, 1.54) is 6.26 Å². The van der Waals surface area contributed by atoms with Gasteiger partial charge in [0.25, 0.3) is 5.91 Å². The van der Waals surface area contributed by atoms with E-state index in [1.54, 1.807) is 23.2 Å². The van der Waals surface area contributed by atoms with Crippen molar-refractivity contribution in [3.8, 4) is 0 Å². The molecular formula is C25H25N5O3. The zero-order valence-corrected chi connectivity index (χ0v) is 18.4. The number of hydrogen-bond acceptors (Lipinski definition) is 5. The largest absolute Gasteiger partial charge is 0.459 e. The van der Waals surface area contributed by atoms with Crippen LogP contribution >= 0.6 is 0 Å². The Labute approximate surface area is 191 Å². The van der Waals surface area contributed by atoms with Gasteiger partial charge < -0.3 is 14.6 Å². The molecule has 0 spiro atoms. The first kappa shape index (κ1) is 20.9. The van der Waals surface area contributed by atoms with E-state index >= 15 is 0 Å². The van der Waals surface area contributed by atoms with Crippen molar-refractivity contribution in [2.45, 2.75) is 32.4 Å². The lowest BCUT2D eigenvalue weighted by Gasteiger charge is -2.32. The standard InChI is InChI=1S/C25H25N5O3/c1-17-19-8-2-3-9-21(19)28-30(17)13-6-12-27-24(31)20-16-29(25(32)22-10-5-14-33-22)15-18-7-4-11-26-23(18)20/h2-5,7-11,14,20H,6,12-13,15-16H2,1H3,(H,27,31). The number of rotatable bonds is 6. The van der Waals surface area contributed by atoms with Gasteiger partial charge in [0, 0.05) is 43.5 Å². The molecule has 0 fully saturated rings. The lowest BCUT2D eigenvalue weighted by Crippen LogP contribution is -2.44. The van der Waals surface area contributed by atoms with Gasteiger partial charge in [0.2, 0.25) is 5.91 Å². The molecule has 0 saturated carbocycles. The smallest absolute Gasteiger partial charge is 0.289 e. The normalized spacial score (nSPS) is 15.4. The Balaban J connectivity index is 1.24. The number of furan rings is 1. The number of hydrogen-bond donors (Lipinski definition) is 1. The van der Waals surface area contributed by atoms with Crippen LogP contribution in [0.3, 0.4) is 0 Å². The summed E-state index contributed by atoms with van der Waals surface area (Å²) in [6.45, 7) is 3.95. The van der Waals surface area contributed by atoms with Crippen LogP contribution in [0.1, 0.15) is 39.8 Å². The third-order valence-corrected chi connectivity index (χ3v) is 6.11. The van der Waals surface area contributed by atoms with E-state index in [9.17, 15) is 9.59 Å². The van der Waals surface area contributed by atoms with Gasteiger partial charge in [-0.2, -0.15) is 5.10 Å². The van der Waals surface area contributed by atoms with Crippen LogP contribution in [0, 0.1) is 6.92 Å². The molecule has 1 aliphatic rings.